The summed E-state index contributed by atoms with van der Waals surface area (Å²) in [5, 5.41) is 8.22. The maximum absolute atomic E-state index is 2.75. The quantitative estimate of drug-likeness (QED) is 0.153. The van der Waals surface area contributed by atoms with Crippen molar-refractivity contribution >= 4 is 88.5 Å². The minimum absolute atomic E-state index is 0.0122. The van der Waals surface area contributed by atoms with E-state index in [1.807, 2.05) is 0 Å². The molecule has 0 N–H and O–H groups in total. The van der Waals surface area contributed by atoms with Crippen LogP contribution in [0.2, 0.25) is 0 Å². The molecule has 4 bridgehead atoms. The van der Waals surface area contributed by atoms with Gasteiger partial charge in [0, 0.05) is 54.7 Å². The Morgan fingerprint density at radius 2 is 0.847 bits per heavy atom. The van der Waals surface area contributed by atoms with E-state index in [1.54, 1.807) is 5.56 Å². The molecule has 2 aliphatic heterocycles. The average molecular weight is 940 g/mol. The van der Waals surface area contributed by atoms with Crippen molar-refractivity contribution in [1.82, 2.24) is 13.7 Å². The Morgan fingerprint density at radius 3 is 1.33 bits per heavy atom. The van der Waals surface area contributed by atoms with E-state index in [0.717, 1.165) is 17.8 Å². The highest BCUT2D eigenvalue weighted by molar-refractivity contribution is 7.00. The Kier molecular flexibility index (Phi) is 8.34. The standard InChI is InChI=1S/C68H70BN3/c1-64(2,3)41-20-22-56-48(27-41)50-29-43(66(7,8)9)31-53-62(50)71(56)58-33-45(70-55-19-14-13-16-46(55)47-17-15-18-52(61(47)70)68-35-38-24-39(36-68)26-40(25-38)37-68)34-59-60(58)69(53)54-32-44(67(10,11)12)30-51-49-28-42(65(4,5)6)21-23-57(49)72(59)63(51)54/h13-23,27-34,38-40H,24-26,35-37H2,1-12H3. The Labute approximate surface area is 426 Å². The van der Waals surface area contributed by atoms with Crippen LogP contribution in [-0.2, 0) is 27.1 Å². The predicted octanol–water partition coefficient (Wildman–Crippen LogP) is 15.8. The topological polar surface area (TPSA) is 14.8 Å². The van der Waals surface area contributed by atoms with Gasteiger partial charge in [-0.2, -0.15) is 0 Å². The second-order valence-electron chi connectivity index (χ2n) is 28.1. The molecule has 16 rings (SSSR count). The zero-order chi connectivity index (χ0) is 49.5. The van der Waals surface area contributed by atoms with E-state index in [0.29, 0.717) is 0 Å². The van der Waals surface area contributed by atoms with Crippen LogP contribution in [0.1, 0.15) is 149 Å². The van der Waals surface area contributed by atoms with Crippen LogP contribution in [0.4, 0.5) is 0 Å². The highest BCUT2D eigenvalue weighted by Crippen LogP contribution is 2.62. The molecule has 0 amide bonds. The van der Waals surface area contributed by atoms with Crippen LogP contribution < -0.4 is 16.4 Å². The van der Waals surface area contributed by atoms with Gasteiger partial charge in [-0.3, -0.25) is 0 Å². The second kappa shape index (κ2) is 13.8. The third kappa shape index (κ3) is 5.76. The Hall–Kier alpha value is -6.00. The smallest absolute Gasteiger partial charge is 0.252 e. The molecular formula is C68H70BN3. The largest absolute Gasteiger partial charge is 0.310 e. The lowest BCUT2D eigenvalue weighted by Crippen LogP contribution is -2.59. The lowest BCUT2D eigenvalue weighted by atomic mass is 9.34. The van der Waals surface area contributed by atoms with Crippen molar-refractivity contribution in [2.24, 2.45) is 17.8 Å². The zero-order valence-corrected chi connectivity index (χ0v) is 44.9. The van der Waals surface area contributed by atoms with Crippen LogP contribution >= 0.6 is 0 Å². The molecule has 3 aromatic heterocycles. The van der Waals surface area contributed by atoms with Crippen LogP contribution in [0.3, 0.4) is 0 Å². The first-order valence-electron chi connectivity index (χ1n) is 27.6. The summed E-state index contributed by atoms with van der Waals surface area (Å²) in [7, 11) is 0. The Bertz CT molecular complexity index is 3840. The summed E-state index contributed by atoms with van der Waals surface area (Å²) in [4.78, 5) is 0. The van der Waals surface area contributed by atoms with Gasteiger partial charge in [0.1, 0.15) is 0 Å². The van der Waals surface area contributed by atoms with Gasteiger partial charge >= 0.3 is 0 Å². The SMILES string of the molecule is CC(C)(C)c1ccc2c(c1)c1cc(C(C)(C)C)cc3c1n2-c1cc(-n2c4ccccc4c4cccc(C56CC7CC(CC(C7)C5)C6)c42)cc2c1B3c1cc(C(C)(C)C)cc3c4cc(C(C)(C)C)ccc4n-2c13. The fraction of sp³-hybridized carbons (Fsp3) is 0.382. The highest BCUT2D eigenvalue weighted by Gasteiger charge is 2.53. The van der Waals surface area contributed by atoms with Crippen molar-refractivity contribution in [3.63, 3.8) is 0 Å². The summed E-state index contributed by atoms with van der Waals surface area (Å²) in [5.41, 5.74) is 23.6. The molecule has 4 saturated carbocycles. The lowest BCUT2D eigenvalue weighted by Gasteiger charge is -2.57. The number of hydrogen-bond donors (Lipinski definition) is 0. The number of fused-ring (bicyclic) bond motifs is 13. The summed E-state index contributed by atoms with van der Waals surface area (Å²) >= 11 is 0. The van der Waals surface area contributed by atoms with E-state index in [-0.39, 0.29) is 33.8 Å². The van der Waals surface area contributed by atoms with Crippen LogP contribution in [0.5, 0.6) is 0 Å². The molecule has 10 aromatic rings. The van der Waals surface area contributed by atoms with Crippen molar-refractivity contribution < 1.29 is 0 Å². The van der Waals surface area contributed by atoms with Crippen molar-refractivity contribution in [2.75, 3.05) is 0 Å². The molecular weight excluding hydrogens is 870 g/mol. The summed E-state index contributed by atoms with van der Waals surface area (Å²) < 4.78 is 8.21. The van der Waals surface area contributed by atoms with Crippen molar-refractivity contribution in [2.45, 2.75) is 149 Å². The van der Waals surface area contributed by atoms with Crippen molar-refractivity contribution in [1.29, 1.82) is 0 Å². The molecule has 3 nitrogen and oxygen atoms in total. The van der Waals surface area contributed by atoms with E-state index < -0.39 is 0 Å². The van der Waals surface area contributed by atoms with Crippen molar-refractivity contribution in [3.05, 3.63) is 143 Å². The third-order valence-electron chi connectivity index (χ3n) is 19.3. The number of nitrogens with zero attached hydrogens (tertiary/aromatic N) is 3. The van der Waals surface area contributed by atoms with Gasteiger partial charge in [0.05, 0.1) is 27.8 Å². The maximum atomic E-state index is 2.75. The van der Waals surface area contributed by atoms with E-state index in [1.165, 1.54) is 160 Å². The number of hydrogen-bond acceptors (Lipinski definition) is 0. The first-order chi connectivity index (χ1) is 34.1. The van der Waals surface area contributed by atoms with Gasteiger partial charge in [0.15, 0.2) is 0 Å². The molecule has 0 radical (unpaired) electrons. The summed E-state index contributed by atoms with van der Waals surface area (Å²) in [6, 6.07) is 47.3. The van der Waals surface area contributed by atoms with Crippen molar-refractivity contribution in [3.8, 4) is 17.1 Å². The summed E-state index contributed by atoms with van der Waals surface area (Å²) in [5.74, 6) is 2.58. The van der Waals surface area contributed by atoms with E-state index >= 15 is 0 Å². The number of benzene rings is 7. The molecule has 4 fully saturated rings. The van der Waals surface area contributed by atoms with E-state index in [4.69, 9.17) is 0 Å². The molecule has 7 aromatic carbocycles. The number of para-hydroxylation sites is 2. The molecule has 360 valence electrons. The number of aromatic nitrogens is 3. The van der Waals surface area contributed by atoms with Gasteiger partial charge in [-0.15, -0.1) is 0 Å². The van der Waals surface area contributed by atoms with E-state index in [2.05, 4.69) is 212 Å². The van der Waals surface area contributed by atoms with Gasteiger partial charge in [0.2, 0.25) is 0 Å². The van der Waals surface area contributed by atoms with E-state index in [9.17, 15) is 0 Å². The van der Waals surface area contributed by atoms with Gasteiger partial charge in [0.25, 0.3) is 6.71 Å². The fourth-order valence-electron chi connectivity index (χ4n) is 16.1. The predicted molar refractivity (Wildman–Crippen MR) is 309 cm³/mol. The molecule has 4 aliphatic carbocycles. The fourth-order valence-corrected chi connectivity index (χ4v) is 16.1. The molecule has 0 atom stereocenters. The minimum atomic E-state index is -0.0475. The lowest BCUT2D eigenvalue weighted by molar-refractivity contribution is -0.00460. The second-order valence-corrected chi connectivity index (χ2v) is 28.1. The molecule has 4 heteroatoms. The average Bonchev–Trinajstić information content (AvgIpc) is 3.96. The van der Waals surface area contributed by atoms with Gasteiger partial charge in [-0.25, -0.2) is 0 Å². The van der Waals surface area contributed by atoms with Crippen LogP contribution in [-0.4, -0.2) is 20.4 Å². The molecule has 6 aliphatic rings. The normalized spacial score (nSPS) is 21.4. The maximum Gasteiger partial charge on any atom is 0.252 e. The van der Waals surface area contributed by atoms with Crippen LogP contribution in [0, 0.1) is 17.8 Å². The molecule has 0 unspecified atom stereocenters. The Morgan fingerprint density at radius 1 is 0.403 bits per heavy atom. The molecule has 5 heterocycles. The molecule has 0 saturated heterocycles. The molecule has 0 spiro atoms. The zero-order valence-electron chi connectivity index (χ0n) is 44.9. The van der Waals surface area contributed by atoms with Crippen LogP contribution in [0.15, 0.2) is 115 Å². The monoisotopic (exact) mass is 940 g/mol. The first-order valence-corrected chi connectivity index (χ1v) is 27.6. The van der Waals surface area contributed by atoms with Gasteiger partial charge in [-0.1, -0.05) is 144 Å². The van der Waals surface area contributed by atoms with Gasteiger partial charge < -0.3 is 13.7 Å². The summed E-state index contributed by atoms with van der Waals surface area (Å²) in [6.07, 6.45) is 8.34. The Balaban J connectivity index is 1.14. The first kappa shape index (κ1) is 43.6. The third-order valence-corrected chi connectivity index (χ3v) is 19.3. The summed E-state index contributed by atoms with van der Waals surface area (Å²) in [6.45, 7) is 28.7. The number of rotatable bonds is 2. The van der Waals surface area contributed by atoms with Gasteiger partial charge in [-0.05, 0) is 182 Å². The minimum Gasteiger partial charge on any atom is -0.310 e. The van der Waals surface area contributed by atoms with Crippen LogP contribution in [0.25, 0.3) is 82.5 Å². The molecule has 72 heavy (non-hydrogen) atoms. The highest BCUT2D eigenvalue weighted by atomic mass is 15.1.